The summed E-state index contributed by atoms with van der Waals surface area (Å²) in [5.74, 6) is 0.760. The number of amides is 1. The second kappa shape index (κ2) is 9.45. The number of ether oxygens (including phenoxy) is 2. The van der Waals surface area contributed by atoms with Gasteiger partial charge in [-0.3, -0.25) is 4.79 Å². The molecule has 0 bridgehead atoms. The molecule has 158 valence electrons. The number of hydrogen-bond acceptors (Lipinski definition) is 4. The van der Waals surface area contributed by atoms with Crippen molar-refractivity contribution in [3.63, 3.8) is 0 Å². The molecule has 0 spiro atoms. The van der Waals surface area contributed by atoms with Crippen molar-refractivity contribution < 1.29 is 24.0 Å². The molecule has 3 aromatic rings. The molecule has 0 saturated heterocycles. The third-order valence-corrected chi connectivity index (χ3v) is 5.46. The van der Waals surface area contributed by atoms with Gasteiger partial charge in [0, 0.05) is 12.0 Å². The van der Waals surface area contributed by atoms with Gasteiger partial charge in [0.05, 0.1) is 12.8 Å². The Morgan fingerprint density at radius 1 is 0.935 bits per heavy atom. The number of anilines is 1. The van der Waals surface area contributed by atoms with Crippen molar-refractivity contribution in [3.05, 3.63) is 90.0 Å². The first kappa shape index (κ1) is 20.6. The van der Waals surface area contributed by atoms with Crippen LogP contribution in [-0.2, 0) is 27.3 Å². The van der Waals surface area contributed by atoms with Gasteiger partial charge in [-0.25, -0.2) is 4.79 Å². The predicted molar refractivity (Wildman–Crippen MR) is 117 cm³/mol. The number of para-hydroxylation sites is 3. The molecular formula is C25H25N2O4+. The maximum atomic E-state index is 12.9. The van der Waals surface area contributed by atoms with Gasteiger partial charge in [0.2, 0.25) is 0 Å². The van der Waals surface area contributed by atoms with Gasteiger partial charge in [0.15, 0.2) is 18.3 Å². The minimum absolute atomic E-state index is 0.147. The molecule has 0 radical (unpaired) electrons. The van der Waals surface area contributed by atoms with Crippen molar-refractivity contribution in [1.82, 2.24) is 0 Å². The van der Waals surface area contributed by atoms with Crippen LogP contribution in [0.1, 0.15) is 11.1 Å². The fourth-order valence-corrected chi connectivity index (χ4v) is 3.91. The first-order valence-electron chi connectivity index (χ1n) is 10.2. The maximum Gasteiger partial charge on any atom is 0.365 e. The van der Waals surface area contributed by atoms with E-state index in [0.717, 1.165) is 16.0 Å². The molecule has 1 aliphatic rings. The minimum atomic E-state index is -0.415. The number of esters is 1. The van der Waals surface area contributed by atoms with E-state index in [4.69, 9.17) is 9.47 Å². The molecule has 1 unspecified atom stereocenters. The number of carbonyl (C=O) groups excluding carboxylic acids is 2. The SMILES string of the molecule is COC(=O)[C@H]1Cc2ccccc2C[NH+]1CC(=O)Nc1ccccc1Oc1ccccc1. The summed E-state index contributed by atoms with van der Waals surface area (Å²) in [4.78, 5) is 26.2. The minimum Gasteiger partial charge on any atom is -0.465 e. The number of carbonyl (C=O) groups is 2. The summed E-state index contributed by atoms with van der Waals surface area (Å²) < 4.78 is 10.9. The molecule has 0 aliphatic carbocycles. The topological polar surface area (TPSA) is 69.1 Å². The second-order valence-electron chi connectivity index (χ2n) is 7.52. The Bertz CT molecular complexity index is 1070. The van der Waals surface area contributed by atoms with E-state index in [9.17, 15) is 9.59 Å². The summed E-state index contributed by atoms with van der Waals surface area (Å²) in [5.41, 5.74) is 2.87. The Kier molecular flexibility index (Phi) is 6.29. The van der Waals surface area contributed by atoms with Gasteiger partial charge < -0.3 is 19.7 Å². The highest BCUT2D eigenvalue weighted by Crippen LogP contribution is 2.29. The molecule has 6 heteroatoms. The predicted octanol–water partition coefficient (Wildman–Crippen LogP) is 2.60. The lowest BCUT2D eigenvalue weighted by Crippen LogP contribution is -3.17. The fraction of sp³-hybridized carbons (Fsp3) is 0.200. The van der Waals surface area contributed by atoms with Crippen LogP contribution in [0.4, 0.5) is 5.69 Å². The van der Waals surface area contributed by atoms with Crippen LogP contribution in [0.5, 0.6) is 11.5 Å². The number of fused-ring (bicyclic) bond motifs is 1. The summed E-state index contributed by atoms with van der Waals surface area (Å²) in [6.45, 7) is 0.735. The third-order valence-electron chi connectivity index (χ3n) is 5.46. The maximum absolute atomic E-state index is 12.9. The zero-order valence-corrected chi connectivity index (χ0v) is 17.3. The molecule has 0 aromatic heterocycles. The molecule has 1 amide bonds. The molecule has 6 nitrogen and oxygen atoms in total. The molecular weight excluding hydrogens is 392 g/mol. The molecule has 0 fully saturated rings. The Balaban J connectivity index is 1.49. The highest BCUT2D eigenvalue weighted by Gasteiger charge is 2.37. The number of nitrogens with one attached hydrogen (secondary N) is 2. The standard InChI is InChI=1S/C25H24N2O4/c1-30-25(29)22-15-18-9-5-6-10-19(18)16-27(22)17-24(28)26-21-13-7-8-14-23(21)31-20-11-3-2-4-12-20/h2-14,22H,15-17H2,1H3,(H,26,28)/p+1/t22-/m1/s1. The second-order valence-corrected chi connectivity index (χ2v) is 7.52. The van der Waals surface area contributed by atoms with Crippen molar-refractivity contribution in [2.24, 2.45) is 0 Å². The van der Waals surface area contributed by atoms with Crippen LogP contribution in [0.25, 0.3) is 0 Å². The zero-order valence-electron chi connectivity index (χ0n) is 17.3. The first-order chi connectivity index (χ1) is 15.1. The van der Waals surface area contributed by atoms with Crippen LogP contribution in [0.3, 0.4) is 0 Å². The van der Waals surface area contributed by atoms with Gasteiger partial charge in [-0.15, -0.1) is 0 Å². The quantitative estimate of drug-likeness (QED) is 0.605. The molecule has 4 rings (SSSR count). The third kappa shape index (κ3) is 4.92. The van der Waals surface area contributed by atoms with Gasteiger partial charge in [-0.1, -0.05) is 54.6 Å². The van der Waals surface area contributed by atoms with Crippen LogP contribution < -0.4 is 15.0 Å². The Labute approximate surface area is 181 Å². The summed E-state index contributed by atoms with van der Waals surface area (Å²) in [5, 5.41) is 2.94. The van der Waals surface area contributed by atoms with Gasteiger partial charge in [0.25, 0.3) is 5.91 Å². The molecule has 1 aliphatic heterocycles. The number of hydrogen-bond donors (Lipinski definition) is 2. The highest BCUT2D eigenvalue weighted by atomic mass is 16.5. The van der Waals surface area contributed by atoms with Crippen LogP contribution >= 0.6 is 0 Å². The first-order valence-corrected chi connectivity index (χ1v) is 10.2. The van der Waals surface area contributed by atoms with Crippen molar-refractivity contribution >= 4 is 17.6 Å². The van der Waals surface area contributed by atoms with Crippen LogP contribution in [-0.4, -0.2) is 31.6 Å². The number of methoxy groups -OCH3 is 1. The molecule has 31 heavy (non-hydrogen) atoms. The van der Waals surface area contributed by atoms with Gasteiger partial charge in [-0.2, -0.15) is 0 Å². The lowest BCUT2D eigenvalue weighted by molar-refractivity contribution is -0.924. The van der Waals surface area contributed by atoms with Gasteiger partial charge in [0.1, 0.15) is 12.3 Å². The van der Waals surface area contributed by atoms with Gasteiger partial charge in [-0.05, 0) is 29.8 Å². The lowest BCUT2D eigenvalue weighted by Gasteiger charge is -2.31. The molecule has 0 saturated carbocycles. The smallest absolute Gasteiger partial charge is 0.365 e. The lowest BCUT2D eigenvalue weighted by atomic mass is 9.94. The highest BCUT2D eigenvalue weighted by molar-refractivity contribution is 5.93. The summed E-state index contributed by atoms with van der Waals surface area (Å²) >= 11 is 0. The number of benzene rings is 3. The van der Waals surface area contributed by atoms with E-state index in [0.29, 0.717) is 30.2 Å². The van der Waals surface area contributed by atoms with E-state index in [1.165, 1.54) is 7.11 Å². The van der Waals surface area contributed by atoms with Crippen LogP contribution in [0.2, 0.25) is 0 Å². The normalized spacial score (nSPS) is 17.3. The monoisotopic (exact) mass is 417 g/mol. The van der Waals surface area contributed by atoms with Crippen LogP contribution in [0.15, 0.2) is 78.9 Å². The number of quaternary nitrogens is 1. The Hall–Kier alpha value is -3.64. The number of rotatable bonds is 6. The van der Waals surface area contributed by atoms with E-state index >= 15 is 0 Å². The average molecular weight is 417 g/mol. The van der Waals surface area contributed by atoms with Crippen molar-refractivity contribution in [2.45, 2.75) is 19.0 Å². The average Bonchev–Trinajstić information content (AvgIpc) is 2.80. The van der Waals surface area contributed by atoms with E-state index in [-0.39, 0.29) is 18.4 Å². The van der Waals surface area contributed by atoms with Crippen molar-refractivity contribution in [1.29, 1.82) is 0 Å². The fourth-order valence-electron chi connectivity index (χ4n) is 3.91. The summed E-state index contributed by atoms with van der Waals surface area (Å²) in [6.07, 6.45) is 0.555. The summed E-state index contributed by atoms with van der Waals surface area (Å²) in [6, 6.07) is 24.3. The molecule has 3 aromatic carbocycles. The van der Waals surface area contributed by atoms with E-state index in [2.05, 4.69) is 5.32 Å². The molecule has 1 heterocycles. The summed E-state index contributed by atoms with van der Waals surface area (Å²) in [7, 11) is 1.39. The van der Waals surface area contributed by atoms with Crippen molar-refractivity contribution in [2.75, 3.05) is 19.0 Å². The van der Waals surface area contributed by atoms with E-state index in [1.807, 2.05) is 72.8 Å². The Morgan fingerprint density at radius 2 is 1.61 bits per heavy atom. The Morgan fingerprint density at radius 3 is 2.39 bits per heavy atom. The van der Waals surface area contributed by atoms with Crippen molar-refractivity contribution in [3.8, 4) is 11.5 Å². The van der Waals surface area contributed by atoms with E-state index < -0.39 is 6.04 Å². The van der Waals surface area contributed by atoms with Crippen LogP contribution in [0, 0.1) is 0 Å². The largest absolute Gasteiger partial charge is 0.465 e. The zero-order chi connectivity index (χ0) is 21.6. The molecule has 2 N–H and O–H groups in total. The molecule has 2 atom stereocenters. The van der Waals surface area contributed by atoms with E-state index in [1.54, 1.807) is 6.07 Å². The van der Waals surface area contributed by atoms with Gasteiger partial charge >= 0.3 is 5.97 Å².